The molecule has 0 saturated heterocycles. The van der Waals surface area contributed by atoms with Crippen LogP contribution in [0.2, 0.25) is 0 Å². The predicted octanol–water partition coefficient (Wildman–Crippen LogP) is 1.78. The number of hydrogen-bond donors (Lipinski definition) is 1. The molecule has 2 rings (SSSR count). The van der Waals surface area contributed by atoms with E-state index < -0.39 is 0 Å². The summed E-state index contributed by atoms with van der Waals surface area (Å²) in [5.74, 6) is 0. The van der Waals surface area contributed by atoms with Crippen molar-refractivity contribution in [2.24, 2.45) is 5.41 Å². The van der Waals surface area contributed by atoms with Crippen molar-refractivity contribution >= 4 is 0 Å². The van der Waals surface area contributed by atoms with Gasteiger partial charge in [0.15, 0.2) is 0 Å². The van der Waals surface area contributed by atoms with Crippen LogP contribution >= 0.6 is 0 Å². The minimum atomic E-state index is 0.192. The minimum Gasteiger partial charge on any atom is -0.396 e. The Morgan fingerprint density at radius 2 is 2.20 bits per heavy atom. The van der Waals surface area contributed by atoms with Crippen molar-refractivity contribution < 1.29 is 5.11 Å². The molecule has 1 fully saturated rings. The van der Waals surface area contributed by atoms with E-state index in [2.05, 4.69) is 29.7 Å². The first-order valence-corrected chi connectivity index (χ1v) is 5.89. The lowest BCUT2D eigenvalue weighted by Crippen LogP contribution is -2.14. The molecule has 3 nitrogen and oxygen atoms in total. The average Bonchev–Trinajstić information content (AvgIpc) is 2.92. The number of hydrogen-bond acceptors (Lipinski definition) is 2. The molecule has 0 spiro atoms. The van der Waals surface area contributed by atoms with E-state index in [9.17, 15) is 5.11 Å². The fourth-order valence-electron chi connectivity index (χ4n) is 2.06. The maximum absolute atomic E-state index is 9.32. The number of aliphatic hydroxyl groups is 1. The molecule has 1 N–H and O–H groups in total. The normalized spacial score (nSPS) is 18.1. The third-order valence-corrected chi connectivity index (χ3v) is 3.42. The second kappa shape index (κ2) is 3.97. The molecule has 1 aliphatic carbocycles. The van der Waals surface area contributed by atoms with Gasteiger partial charge in [-0.05, 0) is 44.1 Å². The van der Waals surface area contributed by atoms with Gasteiger partial charge in [0.1, 0.15) is 0 Å². The first-order chi connectivity index (χ1) is 7.23. The lowest BCUT2D eigenvalue weighted by atomic mass is 10.0. The van der Waals surface area contributed by atoms with Crippen molar-refractivity contribution in [1.82, 2.24) is 9.78 Å². The Bertz CT molecular complexity index is 339. The third kappa shape index (κ3) is 2.07. The Balaban J connectivity index is 2.15. The zero-order chi connectivity index (χ0) is 10.9. The van der Waals surface area contributed by atoms with Crippen LogP contribution in [0.4, 0.5) is 0 Å². The SMILES string of the molecule is CCc1cc(CC2(CO)CC2)n(CC)n1. The van der Waals surface area contributed by atoms with E-state index in [1.54, 1.807) is 0 Å². The van der Waals surface area contributed by atoms with E-state index in [1.807, 2.05) is 0 Å². The summed E-state index contributed by atoms with van der Waals surface area (Å²) in [6.07, 6.45) is 4.32. The zero-order valence-electron chi connectivity index (χ0n) is 9.66. The van der Waals surface area contributed by atoms with E-state index in [0.717, 1.165) is 19.4 Å². The number of aromatic nitrogens is 2. The second-order valence-electron chi connectivity index (χ2n) is 4.63. The molecule has 1 aliphatic rings. The number of aliphatic hydroxyl groups excluding tert-OH is 1. The number of nitrogens with zero attached hydrogens (tertiary/aromatic N) is 2. The van der Waals surface area contributed by atoms with Crippen LogP contribution in [0, 0.1) is 5.41 Å². The molecule has 0 amide bonds. The van der Waals surface area contributed by atoms with Gasteiger partial charge in [-0.1, -0.05) is 6.92 Å². The molecule has 15 heavy (non-hydrogen) atoms. The lowest BCUT2D eigenvalue weighted by molar-refractivity contribution is 0.209. The van der Waals surface area contributed by atoms with Crippen molar-refractivity contribution in [3.63, 3.8) is 0 Å². The summed E-state index contributed by atoms with van der Waals surface area (Å²) in [5, 5.41) is 13.8. The Kier molecular flexibility index (Phi) is 2.83. The lowest BCUT2D eigenvalue weighted by Gasteiger charge is -2.11. The van der Waals surface area contributed by atoms with Gasteiger partial charge >= 0.3 is 0 Å². The molecule has 1 heterocycles. The van der Waals surface area contributed by atoms with Gasteiger partial charge in [-0.3, -0.25) is 4.68 Å². The van der Waals surface area contributed by atoms with Gasteiger partial charge in [0, 0.05) is 18.8 Å². The third-order valence-electron chi connectivity index (χ3n) is 3.42. The molecule has 0 aliphatic heterocycles. The summed E-state index contributed by atoms with van der Waals surface area (Å²) in [7, 11) is 0. The quantitative estimate of drug-likeness (QED) is 0.801. The molecule has 1 saturated carbocycles. The van der Waals surface area contributed by atoms with E-state index in [1.165, 1.54) is 24.2 Å². The molecular weight excluding hydrogens is 188 g/mol. The molecule has 0 radical (unpaired) electrons. The van der Waals surface area contributed by atoms with Gasteiger partial charge in [0.05, 0.1) is 5.69 Å². The van der Waals surface area contributed by atoms with Crippen LogP contribution in [0.5, 0.6) is 0 Å². The Morgan fingerprint density at radius 1 is 1.47 bits per heavy atom. The largest absolute Gasteiger partial charge is 0.396 e. The highest BCUT2D eigenvalue weighted by atomic mass is 16.3. The van der Waals surface area contributed by atoms with E-state index >= 15 is 0 Å². The molecule has 0 bridgehead atoms. The highest BCUT2D eigenvalue weighted by molar-refractivity contribution is 5.15. The average molecular weight is 208 g/mol. The topological polar surface area (TPSA) is 38.0 Å². The fourth-order valence-corrected chi connectivity index (χ4v) is 2.06. The maximum atomic E-state index is 9.32. The Morgan fingerprint density at radius 3 is 2.67 bits per heavy atom. The predicted molar refractivity (Wildman–Crippen MR) is 59.7 cm³/mol. The van der Waals surface area contributed by atoms with Gasteiger partial charge in [-0.2, -0.15) is 5.10 Å². The van der Waals surface area contributed by atoms with Gasteiger partial charge in [-0.15, -0.1) is 0 Å². The molecule has 1 aromatic rings. The molecule has 0 atom stereocenters. The fraction of sp³-hybridized carbons (Fsp3) is 0.750. The summed E-state index contributed by atoms with van der Waals surface area (Å²) in [5.41, 5.74) is 2.65. The van der Waals surface area contributed by atoms with Gasteiger partial charge in [0.2, 0.25) is 0 Å². The van der Waals surface area contributed by atoms with Crippen LogP contribution in [-0.2, 0) is 19.4 Å². The standard InChI is InChI=1S/C12H20N2O/c1-3-10-7-11(14(4-2)13-10)8-12(9-15)5-6-12/h7,15H,3-6,8-9H2,1-2H3. The van der Waals surface area contributed by atoms with Crippen LogP contribution in [0.3, 0.4) is 0 Å². The van der Waals surface area contributed by atoms with Crippen LogP contribution in [0.1, 0.15) is 38.1 Å². The first-order valence-electron chi connectivity index (χ1n) is 5.89. The van der Waals surface area contributed by atoms with Crippen molar-refractivity contribution in [2.75, 3.05) is 6.61 Å². The van der Waals surface area contributed by atoms with Crippen molar-refractivity contribution in [1.29, 1.82) is 0 Å². The highest BCUT2D eigenvalue weighted by Gasteiger charge is 2.42. The van der Waals surface area contributed by atoms with Crippen LogP contribution in [0.15, 0.2) is 6.07 Å². The summed E-state index contributed by atoms with van der Waals surface area (Å²) < 4.78 is 2.08. The number of aryl methyl sites for hydroxylation is 2. The van der Waals surface area contributed by atoms with E-state index in [4.69, 9.17) is 0 Å². The van der Waals surface area contributed by atoms with E-state index in [-0.39, 0.29) is 5.41 Å². The molecule has 1 aromatic heterocycles. The summed E-state index contributed by atoms with van der Waals surface area (Å²) >= 11 is 0. The summed E-state index contributed by atoms with van der Waals surface area (Å²) in [4.78, 5) is 0. The molecule has 0 unspecified atom stereocenters. The van der Waals surface area contributed by atoms with Crippen molar-refractivity contribution in [3.8, 4) is 0 Å². The van der Waals surface area contributed by atoms with Gasteiger partial charge < -0.3 is 5.11 Å². The smallest absolute Gasteiger partial charge is 0.0624 e. The summed E-state index contributed by atoms with van der Waals surface area (Å²) in [6, 6.07) is 2.19. The highest BCUT2D eigenvalue weighted by Crippen LogP contribution is 2.47. The zero-order valence-corrected chi connectivity index (χ0v) is 9.66. The van der Waals surface area contributed by atoms with Crippen LogP contribution < -0.4 is 0 Å². The summed E-state index contributed by atoms with van der Waals surface area (Å²) in [6.45, 7) is 5.50. The molecule has 0 aromatic carbocycles. The van der Waals surface area contributed by atoms with Crippen LogP contribution in [-0.4, -0.2) is 21.5 Å². The van der Waals surface area contributed by atoms with Gasteiger partial charge in [-0.25, -0.2) is 0 Å². The van der Waals surface area contributed by atoms with Crippen molar-refractivity contribution in [3.05, 3.63) is 17.5 Å². The Hall–Kier alpha value is -0.830. The molecule has 3 heteroatoms. The minimum absolute atomic E-state index is 0.192. The van der Waals surface area contributed by atoms with Crippen LogP contribution in [0.25, 0.3) is 0 Å². The second-order valence-corrected chi connectivity index (χ2v) is 4.63. The number of rotatable bonds is 5. The van der Waals surface area contributed by atoms with Crippen molar-refractivity contribution in [2.45, 2.75) is 46.1 Å². The Labute approximate surface area is 91.1 Å². The molecular formula is C12H20N2O. The van der Waals surface area contributed by atoms with E-state index in [0.29, 0.717) is 6.61 Å². The molecule has 84 valence electrons. The first kappa shape index (κ1) is 10.7. The maximum Gasteiger partial charge on any atom is 0.0624 e. The monoisotopic (exact) mass is 208 g/mol. The van der Waals surface area contributed by atoms with Gasteiger partial charge in [0.25, 0.3) is 0 Å².